The molecule has 0 aromatic carbocycles. The number of nitrogens with one attached hydrogen (secondary N) is 1. The van der Waals surface area contributed by atoms with Gasteiger partial charge in [-0.25, -0.2) is 0 Å². The van der Waals surface area contributed by atoms with E-state index in [0.29, 0.717) is 6.54 Å². The van der Waals surface area contributed by atoms with Gasteiger partial charge in [-0.15, -0.1) is 0 Å². The Morgan fingerprint density at radius 3 is 2.80 bits per heavy atom. The summed E-state index contributed by atoms with van der Waals surface area (Å²) in [5.74, 6) is 0.702. The fraction of sp³-hybridized carbons (Fsp3) is 0.909. The Balaban J connectivity index is 1.98. The lowest BCUT2D eigenvalue weighted by molar-refractivity contribution is -0.139. The molecule has 1 saturated carbocycles. The number of ether oxygens (including phenoxy) is 1. The molecule has 1 fully saturated rings. The van der Waals surface area contributed by atoms with Crippen molar-refractivity contribution in [3.8, 4) is 0 Å². The average Bonchev–Trinajstić information content (AvgIpc) is 2.75. The Kier molecular flexibility index (Phi) is 6.25. The molecule has 1 rings (SSSR count). The van der Waals surface area contributed by atoms with Gasteiger partial charge in [-0.1, -0.05) is 41.6 Å². The van der Waals surface area contributed by atoms with Gasteiger partial charge < -0.3 is 10.1 Å². The molecule has 0 aliphatic heterocycles. The summed E-state index contributed by atoms with van der Waals surface area (Å²) in [6, 6.07) is 0. The first-order valence-electron chi connectivity index (χ1n) is 5.66. The number of carbonyl (C=O) groups is 1. The van der Waals surface area contributed by atoms with Gasteiger partial charge >= 0.3 is 5.97 Å². The van der Waals surface area contributed by atoms with E-state index in [2.05, 4.69) is 26.0 Å². The van der Waals surface area contributed by atoms with Crippen molar-refractivity contribution < 1.29 is 9.53 Å². The van der Waals surface area contributed by atoms with E-state index < -0.39 is 0 Å². The summed E-state index contributed by atoms with van der Waals surface area (Å²) >= 11 is 3.28. The lowest BCUT2D eigenvalue weighted by Gasteiger charge is -2.11. The van der Waals surface area contributed by atoms with Crippen molar-refractivity contribution in [3.05, 3.63) is 0 Å². The highest BCUT2D eigenvalue weighted by molar-refractivity contribution is 9.10. The largest absolute Gasteiger partial charge is 0.468 e. The van der Waals surface area contributed by atoms with Gasteiger partial charge in [-0.3, -0.25) is 4.79 Å². The van der Waals surface area contributed by atoms with E-state index in [1.165, 1.54) is 39.2 Å². The van der Waals surface area contributed by atoms with Crippen LogP contribution in [0.25, 0.3) is 0 Å². The molecule has 0 heterocycles. The van der Waals surface area contributed by atoms with Gasteiger partial charge in [0.1, 0.15) is 4.83 Å². The predicted octanol–water partition coefficient (Wildman–Crippen LogP) is 2.09. The molecule has 0 aromatic rings. The lowest BCUT2D eigenvalue weighted by Crippen LogP contribution is -2.30. The van der Waals surface area contributed by atoms with Crippen LogP contribution >= 0.6 is 15.9 Å². The number of alkyl halides is 1. The third kappa shape index (κ3) is 4.98. The minimum absolute atomic E-state index is 0.205. The molecule has 88 valence electrons. The maximum Gasteiger partial charge on any atom is 0.320 e. The van der Waals surface area contributed by atoms with Crippen molar-refractivity contribution in [1.82, 2.24) is 5.32 Å². The number of carbonyl (C=O) groups excluding carboxylic acids is 1. The van der Waals surface area contributed by atoms with E-state index in [1.54, 1.807) is 0 Å². The van der Waals surface area contributed by atoms with Crippen molar-refractivity contribution in [3.63, 3.8) is 0 Å². The second-order valence-electron chi connectivity index (χ2n) is 4.13. The van der Waals surface area contributed by atoms with Crippen molar-refractivity contribution >= 4 is 21.9 Å². The van der Waals surface area contributed by atoms with E-state index in [0.717, 1.165) is 12.5 Å². The molecule has 0 spiro atoms. The Bertz CT molecular complexity index is 193. The number of rotatable bonds is 6. The predicted molar refractivity (Wildman–Crippen MR) is 64.2 cm³/mol. The summed E-state index contributed by atoms with van der Waals surface area (Å²) in [5.41, 5.74) is 0. The van der Waals surface area contributed by atoms with E-state index in [1.807, 2.05) is 0 Å². The molecule has 1 aliphatic carbocycles. The van der Waals surface area contributed by atoms with Gasteiger partial charge in [0.2, 0.25) is 0 Å². The minimum Gasteiger partial charge on any atom is -0.468 e. The van der Waals surface area contributed by atoms with Gasteiger partial charge in [-0.2, -0.15) is 0 Å². The zero-order chi connectivity index (χ0) is 11.1. The molecular formula is C11H20BrNO2. The Morgan fingerprint density at radius 2 is 2.20 bits per heavy atom. The maximum atomic E-state index is 11.1. The molecule has 0 aromatic heterocycles. The van der Waals surface area contributed by atoms with Crippen LogP contribution in [-0.2, 0) is 9.53 Å². The molecule has 0 saturated heterocycles. The highest BCUT2D eigenvalue weighted by atomic mass is 79.9. The van der Waals surface area contributed by atoms with E-state index >= 15 is 0 Å². The molecule has 0 bridgehead atoms. The van der Waals surface area contributed by atoms with Crippen LogP contribution in [0.4, 0.5) is 0 Å². The van der Waals surface area contributed by atoms with Gasteiger partial charge in [-0.05, 0) is 18.9 Å². The summed E-state index contributed by atoms with van der Waals surface area (Å²) in [7, 11) is 1.41. The fourth-order valence-corrected chi connectivity index (χ4v) is 2.46. The van der Waals surface area contributed by atoms with Crippen LogP contribution in [-0.4, -0.2) is 31.0 Å². The number of esters is 1. The Hall–Kier alpha value is -0.0900. The first kappa shape index (κ1) is 13.0. The smallest absolute Gasteiger partial charge is 0.320 e. The number of hydrogen-bond donors (Lipinski definition) is 1. The van der Waals surface area contributed by atoms with Crippen molar-refractivity contribution in [2.45, 2.75) is 36.9 Å². The van der Waals surface area contributed by atoms with E-state index in [4.69, 9.17) is 0 Å². The van der Waals surface area contributed by atoms with Crippen molar-refractivity contribution in [2.75, 3.05) is 20.2 Å². The first-order valence-corrected chi connectivity index (χ1v) is 6.58. The van der Waals surface area contributed by atoms with Gasteiger partial charge in [0, 0.05) is 6.54 Å². The standard InChI is InChI=1S/C11H20BrNO2/c1-15-11(14)10(12)8-13-7-6-9-4-2-3-5-9/h9-10,13H,2-8H2,1H3. The molecule has 1 atom stereocenters. The number of halogens is 1. The number of hydrogen-bond acceptors (Lipinski definition) is 3. The summed E-state index contributed by atoms with van der Waals surface area (Å²) in [6.45, 7) is 1.66. The average molecular weight is 278 g/mol. The highest BCUT2D eigenvalue weighted by Gasteiger charge is 2.16. The molecule has 4 heteroatoms. The van der Waals surface area contributed by atoms with Crippen LogP contribution in [0.3, 0.4) is 0 Å². The van der Waals surface area contributed by atoms with Crippen LogP contribution < -0.4 is 5.32 Å². The third-order valence-electron chi connectivity index (χ3n) is 2.98. The van der Waals surface area contributed by atoms with Gasteiger partial charge in [0.25, 0.3) is 0 Å². The second kappa shape index (κ2) is 7.23. The van der Waals surface area contributed by atoms with Crippen molar-refractivity contribution in [1.29, 1.82) is 0 Å². The third-order valence-corrected chi connectivity index (χ3v) is 3.68. The van der Waals surface area contributed by atoms with Gasteiger partial charge in [0.15, 0.2) is 0 Å². The second-order valence-corrected chi connectivity index (χ2v) is 5.24. The van der Waals surface area contributed by atoms with Crippen LogP contribution in [0.5, 0.6) is 0 Å². The molecular weight excluding hydrogens is 258 g/mol. The maximum absolute atomic E-state index is 11.1. The summed E-state index contributed by atoms with van der Waals surface area (Å²) in [5, 5.41) is 3.28. The lowest BCUT2D eigenvalue weighted by atomic mass is 10.0. The summed E-state index contributed by atoms with van der Waals surface area (Å²) in [4.78, 5) is 10.8. The molecule has 0 amide bonds. The van der Waals surface area contributed by atoms with Crippen molar-refractivity contribution in [2.24, 2.45) is 5.92 Å². The first-order chi connectivity index (χ1) is 7.24. The van der Waals surface area contributed by atoms with Crippen LogP contribution in [0.1, 0.15) is 32.1 Å². The zero-order valence-corrected chi connectivity index (χ0v) is 10.9. The molecule has 1 N–H and O–H groups in total. The van der Waals surface area contributed by atoms with E-state index in [-0.39, 0.29) is 10.8 Å². The topological polar surface area (TPSA) is 38.3 Å². The van der Waals surface area contributed by atoms with Crippen LogP contribution in [0.15, 0.2) is 0 Å². The molecule has 1 aliphatic rings. The normalized spacial score (nSPS) is 19.1. The minimum atomic E-state index is -0.217. The summed E-state index contributed by atoms with van der Waals surface area (Å²) in [6.07, 6.45) is 6.80. The molecule has 0 radical (unpaired) electrons. The zero-order valence-electron chi connectivity index (χ0n) is 9.30. The summed E-state index contributed by atoms with van der Waals surface area (Å²) < 4.78 is 4.62. The monoisotopic (exact) mass is 277 g/mol. The fourth-order valence-electron chi connectivity index (χ4n) is 2.05. The van der Waals surface area contributed by atoms with Crippen LogP contribution in [0.2, 0.25) is 0 Å². The molecule has 15 heavy (non-hydrogen) atoms. The Labute approximate surface area is 100 Å². The molecule has 1 unspecified atom stereocenters. The highest BCUT2D eigenvalue weighted by Crippen LogP contribution is 2.26. The quantitative estimate of drug-likeness (QED) is 0.459. The molecule has 3 nitrogen and oxygen atoms in total. The van der Waals surface area contributed by atoms with Crippen LogP contribution in [0, 0.1) is 5.92 Å². The SMILES string of the molecule is COC(=O)C(Br)CNCCC1CCCC1. The van der Waals surface area contributed by atoms with E-state index in [9.17, 15) is 4.79 Å². The Morgan fingerprint density at radius 1 is 1.53 bits per heavy atom. The number of methoxy groups -OCH3 is 1. The van der Waals surface area contributed by atoms with Gasteiger partial charge in [0.05, 0.1) is 7.11 Å².